The van der Waals surface area contributed by atoms with Crippen molar-refractivity contribution in [3.05, 3.63) is 23.5 Å². The van der Waals surface area contributed by atoms with Crippen molar-refractivity contribution in [3.8, 4) is 10.6 Å². The molecule has 23 heavy (non-hydrogen) atoms. The Morgan fingerprint density at radius 2 is 2.22 bits per heavy atom. The highest BCUT2D eigenvalue weighted by molar-refractivity contribution is 7.13. The standard InChI is InChI=1S/C14H17N5O3S/c1-14(8-22-3)12(20)19(13(21)17-14)6-10-7-23-11(16-10)9-4-15-18(2)5-9/h4-5,7H,6,8H2,1-3H3,(H,17,21)/t14-/m0/s1. The van der Waals surface area contributed by atoms with Gasteiger partial charge in [-0.25, -0.2) is 9.78 Å². The summed E-state index contributed by atoms with van der Waals surface area (Å²) in [7, 11) is 3.33. The number of thiazole rings is 1. The van der Waals surface area contributed by atoms with Gasteiger partial charge in [-0.05, 0) is 6.92 Å². The van der Waals surface area contributed by atoms with Crippen LogP contribution in [0.25, 0.3) is 10.6 Å². The van der Waals surface area contributed by atoms with Gasteiger partial charge in [0.25, 0.3) is 5.91 Å². The molecule has 0 unspecified atom stereocenters. The SMILES string of the molecule is COC[C@]1(C)NC(=O)N(Cc2csc(-c3cnn(C)c3)n2)C1=O. The highest BCUT2D eigenvalue weighted by Gasteiger charge is 2.47. The van der Waals surface area contributed by atoms with Gasteiger partial charge in [-0.1, -0.05) is 0 Å². The molecular weight excluding hydrogens is 318 g/mol. The lowest BCUT2D eigenvalue weighted by molar-refractivity contribution is -0.132. The summed E-state index contributed by atoms with van der Waals surface area (Å²) in [5.41, 5.74) is 0.554. The lowest BCUT2D eigenvalue weighted by Gasteiger charge is -2.20. The molecule has 1 fully saturated rings. The molecule has 3 heterocycles. The molecule has 1 N–H and O–H groups in total. The Balaban J connectivity index is 1.76. The number of urea groups is 1. The van der Waals surface area contributed by atoms with E-state index in [-0.39, 0.29) is 19.1 Å². The molecule has 1 aliphatic rings. The van der Waals surface area contributed by atoms with E-state index in [9.17, 15) is 9.59 Å². The van der Waals surface area contributed by atoms with Crippen LogP contribution < -0.4 is 5.32 Å². The van der Waals surface area contributed by atoms with E-state index in [1.165, 1.54) is 23.3 Å². The first-order valence-corrected chi connectivity index (χ1v) is 7.87. The Kier molecular flexibility index (Phi) is 3.90. The van der Waals surface area contributed by atoms with Gasteiger partial charge in [0.2, 0.25) is 0 Å². The van der Waals surface area contributed by atoms with E-state index in [0.717, 1.165) is 10.6 Å². The van der Waals surface area contributed by atoms with Gasteiger partial charge in [-0.3, -0.25) is 14.4 Å². The summed E-state index contributed by atoms with van der Waals surface area (Å²) in [6.45, 7) is 1.92. The number of aromatic nitrogens is 3. The Hall–Kier alpha value is -2.26. The van der Waals surface area contributed by atoms with E-state index in [0.29, 0.717) is 5.69 Å². The van der Waals surface area contributed by atoms with Gasteiger partial charge in [0, 0.05) is 31.3 Å². The zero-order chi connectivity index (χ0) is 16.6. The van der Waals surface area contributed by atoms with E-state index in [1.807, 2.05) is 18.6 Å². The van der Waals surface area contributed by atoms with E-state index in [1.54, 1.807) is 17.8 Å². The van der Waals surface area contributed by atoms with Gasteiger partial charge in [-0.15, -0.1) is 11.3 Å². The Morgan fingerprint density at radius 1 is 1.43 bits per heavy atom. The maximum atomic E-state index is 12.4. The number of nitrogens with one attached hydrogen (secondary N) is 1. The molecule has 0 radical (unpaired) electrons. The van der Waals surface area contributed by atoms with Crippen molar-refractivity contribution in [1.29, 1.82) is 0 Å². The van der Waals surface area contributed by atoms with Crippen LogP contribution in [0.4, 0.5) is 4.79 Å². The molecule has 0 aromatic carbocycles. The van der Waals surface area contributed by atoms with Crippen molar-refractivity contribution >= 4 is 23.3 Å². The second kappa shape index (κ2) is 5.74. The zero-order valence-electron chi connectivity index (χ0n) is 13.1. The fourth-order valence-electron chi connectivity index (χ4n) is 2.48. The fourth-order valence-corrected chi connectivity index (χ4v) is 3.27. The molecule has 3 amide bonds. The zero-order valence-corrected chi connectivity index (χ0v) is 13.9. The van der Waals surface area contributed by atoms with Crippen LogP contribution in [0.3, 0.4) is 0 Å². The summed E-state index contributed by atoms with van der Waals surface area (Å²) in [6.07, 6.45) is 3.60. The number of carbonyl (C=O) groups excluding carboxylic acids is 2. The minimum Gasteiger partial charge on any atom is -0.382 e. The maximum absolute atomic E-state index is 12.4. The largest absolute Gasteiger partial charge is 0.382 e. The normalized spacial score (nSPS) is 21.1. The molecular formula is C14H17N5O3S. The van der Waals surface area contributed by atoms with Gasteiger partial charge in [0.05, 0.1) is 25.0 Å². The molecule has 1 aliphatic heterocycles. The average molecular weight is 335 g/mol. The van der Waals surface area contributed by atoms with Gasteiger partial charge in [0.15, 0.2) is 0 Å². The van der Waals surface area contributed by atoms with Crippen molar-refractivity contribution in [2.75, 3.05) is 13.7 Å². The van der Waals surface area contributed by atoms with E-state index in [2.05, 4.69) is 15.4 Å². The topological polar surface area (TPSA) is 89.3 Å². The van der Waals surface area contributed by atoms with E-state index < -0.39 is 11.6 Å². The summed E-state index contributed by atoms with van der Waals surface area (Å²) in [5.74, 6) is -0.305. The van der Waals surface area contributed by atoms with Crippen LogP contribution in [-0.2, 0) is 23.1 Å². The first-order valence-electron chi connectivity index (χ1n) is 6.99. The van der Waals surface area contributed by atoms with Crippen LogP contribution in [0.5, 0.6) is 0 Å². The third kappa shape index (κ3) is 2.84. The molecule has 9 heteroatoms. The number of nitrogens with zero attached hydrogens (tertiary/aromatic N) is 4. The number of carbonyl (C=O) groups is 2. The Morgan fingerprint density at radius 3 is 2.87 bits per heavy atom. The number of ether oxygens (including phenoxy) is 1. The molecule has 0 saturated carbocycles. The average Bonchev–Trinajstić information content (AvgIpc) is 3.16. The Bertz CT molecular complexity index is 755. The van der Waals surface area contributed by atoms with Crippen LogP contribution in [0.2, 0.25) is 0 Å². The molecule has 3 rings (SSSR count). The number of rotatable bonds is 5. The minimum absolute atomic E-state index is 0.131. The monoisotopic (exact) mass is 335 g/mol. The van der Waals surface area contributed by atoms with Crippen molar-refractivity contribution in [1.82, 2.24) is 25.0 Å². The summed E-state index contributed by atoms with van der Waals surface area (Å²) < 4.78 is 6.72. The predicted molar refractivity (Wildman–Crippen MR) is 83.7 cm³/mol. The highest BCUT2D eigenvalue weighted by atomic mass is 32.1. The van der Waals surface area contributed by atoms with Crippen LogP contribution in [-0.4, -0.2) is 50.9 Å². The number of methoxy groups -OCH3 is 1. The Labute approximate surface area is 137 Å². The predicted octanol–water partition coefficient (Wildman–Crippen LogP) is 1.00. The summed E-state index contributed by atoms with van der Waals surface area (Å²) in [5, 5.41) is 9.43. The summed E-state index contributed by atoms with van der Waals surface area (Å²) in [4.78, 5) is 30.1. The van der Waals surface area contributed by atoms with Crippen molar-refractivity contribution in [2.24, 2.45) is 7.05 Å². The second-order valence-electron chi connectivity index (χ2n) is 5.63. The summed E-state index contributed by atoms with van der Waals surface area (Å²) >= 11 is 1.45. The minimum atomic E-state index is -1.02. The quantitative estimate of drug-likeness (QED) is 0.824. The molecule has 2 aromatic heterocycles. The molecule has 0 aliphatic carbocycles. The van der Waals surface area contributed by atoms with Gasteiger partial charge < -0.3 is 10.1 Å². The number of hydrogen-bond donors (Lipinski definition) is 1. The third-order valence-corrected chi connectivity index (χ3v) is 4.54. The molecule has 1 atom stereocenters. The van der Waals surface area contributed by atoms with Gasteiger partial charge in [-0.2, -0.15) is 5.10 Å². The molecule has 1 saturated heterocycles. The first kappa shape index (κ1) is 15.6. The highest BCUT2D eigenvalue weighted by Crippen LogP contribution is 2.25. The molecule has 122 valence electrons. The number of hydrogen-bond acceptors (Lipinski definition) is 6. The first-order chi connectivity index (χ1) is 10.9. The van der Waals surface area contributed by atoms with Crippen LogP contribution in [0, 0.1) is 0 Å². The molecule has 0 spiro atoms. The maximum Gasteiger partial charge on any atom is 0.325 e. The molecule has 0 bridgehead atoms. The van der Waals surface area contributed by atoms with Crippen molar-refractivity contribution < 1.29 is 14.3 Å². The van der Waals surface area contributed by atoms with Gasteiger partial charge >= 0.3 is 6.03 Å². The smallest absolute Gasteiger partial charge is 0.325 e. The molecule has 8 nitrogen and oxygen atoms in total. The van der Waals surface area contributed by atoms with E-state index >= 15 is 0 Å². The lowest BCUT2D eigenvalue weighted by atomic mass is 10.0. The third-order valence-electron chi connectivity index (χ3n) is 3.60. The molecule has 2 aromatic rings. The van der Waals surface area contributed by atoms with Crippen molar-refractivity contribution in [3.63, 3.8) is 0 Å². The van der Waals surface area contributed by atoms with E-state index in [4.69, 9.17) is 4.74 Å². The van der Waals surface area contributed by atoms with Gasteiger partial charge in [0.1, 0.15) is 10.5 Å². The fraction of sp³-hybridized carbons (Fsp3) is 0.429. The van der Waals surface area contributed by atoms with Crippen LogP contribution >= 0.6 is 11.3 Å². The number of amides is 3. The lowest BCUT2D eigenvalue weighted by Crippen LogP contribution is -2.47. The van der Waals surface area contributed by atoms with Crippen LogP contribution in [0.1, 0.15) is 12.6 Å². The number of imide groups is 1. The number of aryl methyl sites for hydroxylation is 1. The second-order valence-corrected chi connectivity index (χ2v) is 6.49. The van der Waals surface area contributed by atoms with Crippen molar-refractivity contribution in [2.45, 2.75) is 19.0 Å². The van der Waals surface area contributed by atoms with Crippen LogP contribution in [0.15, 0.2) is 17.8 Å². The summed E-state index contributed by atoms with van der Waals surface area (Å²) in [6, 6.07) is -0.425.